The summed E-state index contributed by atoms with van der Waals surface area (Å²) in [5.41, 5.74) is 4.42. The molecule has 9 heteroatoms. The Bertz CT molecular complexity index is 1500. The van der Waals surface area contributed by atoms with E-state index in [0.29, 0.717) is 24.1 Å². The minimum absolute atomic E-state index is 0.281. The van der Waals surface area contributed by atoms with Crippen LogP contribution in [0, 0.1) is 0 Å². The first kappa shape index (κ1) is 21.8. The van der Waals surface area contributed by atoms with Crippen molar-refractivity contribution in [2.75, 3.05) is 16.0 Å². The maximum absolute atomic E-state index is 11.5. The van der Waals surface area contributed by atoms with Crippen LogP contribution in [0.15, 0.2) is 98.0 Å². The number of amides is 1. The van der Waals surface area contributed by atoms with Gasteiger partial charge >= 0.3 is 0 Å². The summed E-state index contributed by atoms with van der Waals surface area (Å²) in [5.74, 6) is 0.484. The highest BCUT2D eigenvalue weighted by Crippen LogP contribution is 2.23. The van der Waals surface area contributed by atoms with Crippen molar-refractivity contribution in [1.29, 1.82) is 0 Å². The van der Waals surface area contributed by atoms with Gasteiger partial charge in [0.25, 0.3) is 0 Å². The summed E-state index contributed by atoms with van der Waals surface area (Å²) < 4.78 is 1.98. The summed E-state index contributed by atoms with van der Waals surface area (Å²) in [6.07, 6.45) is 4.50. The highest BCUT2D eigenvalue weighted by Gasteiger charge is 2.07. The van der Waals surface area contributed by atoms with Crippen molar-refractivity contribution in [3.05, 3.63) is 104 Å². The average molecular weight is 463 g/mol. The lowest BCUT2D eigenvalue weighted by Gasteiger charge is -2.09. The van der Waals surface area contributed by atoms with Crippen LogP contribution in [-0.2, 0) is 11.3 Å². The van der Waals surface area contributed by atoms with Crippen molar-refractivity contribution in [2.45, 2.75) is 6.54 Å². The van der Waals surface area contributed by atoms with E-state index in [2.05, 4.69) is 54.7 Å². The topological polar surface area (TPSA) is 110 Å². The molecule has 9 nitrogen and oxygen atoms in total. The predicted molar refractivity (Wildman–Crippen MR) is 137 cm³/mol. The molecule has 3 aromatic carbocycles. The number of hydrogen-bond acceptors (Lipinski definition) is 7. The zero-order valence-corrected chi connectivity index (χ0v) is 18.7. The smallest absolute Gasteiger partial charge is 0.247 e. The Morgan fingerprint density at radius 1 is 0.886 bits per heavy atom. The number of nitrogens with zero attached hydrogens (tertiary/aromatic N) is 5. The number of benzene rings is 3. The van der Waals surface area contributed by atoms with E-state index in [1.54, 1.807) is 12.1 Å². The molecule has 0 aliphatic carbocycles. The lowest BCUT2D eigenvalue weighted by molar-refractivity contribution is -0.111. The maximum Gasteiger partial charge on any atom is 0.247 e. The van der Waals surface area contributed by atoms with Crippen LogP contribution in [0.2, 0.25) is 0 Å². The molecule has 35 heavy (non-hydrogen) atoms. The molecule has 0 saturated heterocycles. The summed E-state index contributed by atoms with van der Waals surface area (Å²) >= 11 is 0. The molecular weight excluding hydrogens is 440 g/mol. The number of carbonyl (C=O) groups excluding carboxylic acids is 1. The summed E-state index contributed by atoms with van der Waals surface area (Å²) in [4.78, 5) is 24.4. The minimum Gasteiger partial charge on any atom is -0.324 e. The van der Waals surface area contributed by atoms with Crippen molar-refractivity contribution in [1.82, 2.24) is 24.7 Å². The lowest BCUT2D eigenvalue weighted by atomic mass is 10.2. The standard InChI is InChI=1S/C26H22N8O/c1-2-24(35)30-20-9-6-10-21(14-20)31-25-27-17-28-26(33-25)32-22-11-12-23-19(13-22)15-29-34(23)16-18-7-4-3-5-8-18/h2-15,17H,1,16H2,(H,30,35)(H2,27,28,31,32,33). The fraction of sp³-hybridized carbons (Fsp3) is 0.0385. The van der Waals surface area contributed by atoms with E-state index in [9.17, 15) is 4.79 Å². The maximum atomic E-state index is 11.5. The molecule has 1 amide bonds. The number of nitrogens with one attached hydrogen (secondary N) is 3. The molecule has 0 saturated carbocycles. The van der Waals surface area contributed by atoms with E-state index in [-0.39, 0.29) is 5.91 Å². The highest BCUT2D eigenvalue weighted by molar-refractivity contribution is 5.99. The Morgan fingerprint density at radius 2 is 1.63 bits per heavy atom. The van der Waals surface area contributed by atoms with Gasteiger partial charge in [-0.05, 0) is 48.0 Å². The number of hydrogen-bond donors (Lipinski definition) is 3. The molecular formula is C26H22N8O. The van der Waals surface area contributed by atoms with Gasteiger partial charge in [-0.2, -0.15) is 10.1 Å². The van der Waals surface area contributed by atoms with Crippen LogP contribution >= 0.6 is 0 Å². The molecule has 2 aromatic heterocycles. The zero-order valence-electron chi connectivity index (χ0n) is 18.7. The van der Waals surface area contributed by atoms with Gasteiger partial charge in [0.2, 0.25) is 17.8 Å². The van der Waals surface area contributed by atoms with E-state index in [0.717, 1.165) is 22.3 Å². The minimum atomic E-state index is -0.281. The van der Waals surface area contributed by atoms with Gasteiger partial charge in [-0.3, -0.25) is 9.48 Å². The number of aromatic nitrogens is 5. The summed E-state index contributed by atoms with van der Waals surface area (Å²) in [5, 5.41) is 14.6. The monoisotopic (exact) mass is 462 g/mol. The van der Waals surface area contributed by atoms with Crippen molar-refractivity contribution >= 4 is 45.8 Å². The second-order valence-electron chi connectivity index (χ2n) is 7.72. The van der Waals surface area contributed by atoms with Crippen molar-refractivity contribution < 1.29 is 4.79 Å². The SMILES string of the molecule is C=CC(=O)Nc1cccc(Nc2ncnc(Nc3ccc4c(cnn4Cc4ccccc4)c3)n2)c1. The van der Waals surface area contributed by atoms with Crippen molar-refractivity contribution in [3.63, 3.8) is 0 Å². The van der Waals surface area contributed by atoms with E-state index < -0.39 is 0 Å². The van der Waals surface area contributed by atoms with Crippen molar-refractivity contribution in [3.8, 4) is 0 Å². The van der Waals surface area contributed by atoms with Crippen LogP contribution in [0.1, 0.15) is 5.56 Å². The van der Waals surface area contributed by atoms with Gasteiger partial charge in [-0.1, -0.05) is 43.0 Å². The summed E-state index contributed by atoms with van der Waals surface area (Å²) in [6.45, 7) is 4.17. The van der Waals surface area contributed by atoms with Gasteiger partial charge in [-0.15, -0.1) is 0 Å². The van der Waals surface area contributed by atoms with E-state index >= 15 is 0 Å². The molecule has 2 heterocycles. The molecule has 5 aromatic rings. The summed E-state index contributed by atoms with van der Waals surface area (Å²) in [6, 6.07) is 23.5. The molecule has 172 valence electrons. The Balaban J connectivity index is 1.29. The van der Waals surface area contributed by atoms with Crippen LogP contribution in [0.25, 0.3) is 10.9 Å². The largest absolute Gasteiger partial charge is 0.324 e. The quantitative estimate of drug-likeness (QED) is 0.282. The third kappa shape index (κ3) is 5.31. The molecule has 0 aliphatic heterocycles. The molecule has 0 bridgehead atoms. The molecule has 0 aliphatic rings. The van der Waals surface area contributed by atoms with Crippen molar-refractivity contribution in [2.24, 2.45) is 0 Å². The lowest BCUT2D eigenvalue weighted by Crippen LogP contribution is -2.07. The van der Waals surface area contributed by atoms with Gasteiger partial charge in [0.05, 0.1) is 18.3 Å². The van der Waals surface area contributed by atoms with Crippen LogP contribution in [0.4, 0.5) is 29.0 Å². The first-order valence-corrected chi connectivity index (χ1v) is 10.9. The third-order valence-corrected chi connectivity index (χ3v) is 5.22. The van der Waals surface area contributed by atoms with Crippen LogP contribution < -0.4 is 16.0 Å². The normalized spacial score (nSPS) is 10.6. The Labute approximate surface area is 201 Å². The fourth-order valence-corrected chi connectivity index (χ4v) is 3.59. The first-order valence-electron chi connectivity index (χ1n) is 10.9. The summed E-state index contributed by atoms with van der Waals surface area (Å²) in [7, 11) is 0. The fourth-order valence-electron chi connectivity index (χ4n) is 3.59. The molecule has 5 rings (SSSR count). The number of anilines is 5. The second kappa shape index (κ2) is 9.84. The molecule has 3 N–H and O–H groups in total. The second-order valence-corrected chi connectivity index (χ2v) is 7.72. The van der Waals surface area contributed by atoms with Gasteiger partial charge in [0.1, 0.15) is 6.33 Å². The predicted octanol–water partition coefficient (Wildman–Crippen LogP) is 4.88. The number of carbonyl (C=O) groups is 1. The number of rotatable bonds is 8. The van der Waals surface area contributed by atoms with Gasteiger partial charge < -0.3 is 16.0 Å². The molecule has 0 radical (unpaired) electrons. The van der Waals surface area contributed by atoms with Gasteiger partial charge in [-0.25, -0.2) is 9.97 Å². The number of fused-ring (bicyclic) bond motifs is 1. The van der Waals surface area contributed by atoms with Crippen LogP contribution in [0.5, 0.6) is 0 Å². The average Bonchev–Trinajstić information content (AvgIpc) is 3.27. The molecule has 0 spiro atoms. The first-order chi connectivity index (χ1) is 17.2. The highest BCUT2D eigenvalue weighted by atomic mass is 16.1. The van der Waals surface area contributed by atoms with E-state index in [1.165, 1.54) is 18.0 Å². The zero-order chi connectivity index (χ0) is 24.0. The van der Waals surface area contributed by atoms with E-state index in [4.69, 9.17) is 0 Å². The third-order valence-electron chi connectivity index (χ3n) is 5.22. The van der Waals surface area contributed by atoms with Gasteiger partial charge in [0.15, 0.2) is 0 Å². The Hall–Kier alpha value is -5.05. The Morgan fingerprint density at radius 3 is 2.40 bits per heavy atom. The van der Waals surface area contributed by atoms with Crippen LogP contribution in [0.3, 0.4) is 0 Å². The Kier molecular flexibility index (Phi) is 6.12. The molecule has 0 atom stereocenters. The molecule has 0 unspecified atom stereocenters. The molecule has 0 fully saturated rings. The van der Waals surface area contributed by atoms with Gasteiger partial charge in [0, 0.05) is 22.4 Å². The van der Waals surface area contributed by atoms with E-state index in [1.807, 2.05) is 59.4 Å². The van der Waals surface area contributed by atoms with Crippen LogP contribution in [-0.4, -0.2) is 30.6 Å².